The molecule has 0 saturated heterocycles. The number of amides is 1. The topological polar surface area (TPSA) is 66.4 Å². The molecule has 0 heterocycles. The Morgan fingerprint density at radius 2 is 2.00 bits per heavy atom. The Kier molecular flexibility index (Phi) is 3.23. The van der Waals surface area contributed by atoms with Gasteiger partial charge in [0, 0.05) is 0 Å². The van der Waals surface area contributed by atoms with E-state index in [4.69, 9.17) is 5.11 Å². The number of aryl methyl sites for hydroxylation is 1. The Balaban J connectivity index is 2.93. The molecule has 0 aliphatic carbocycles. The zero-order valence-electron chi connectivity index (χ0n) is 7.73. The van der Waals surface area contributed by atoms with Crippen LogP contribution in [0.2, 0.25) is 0 Å². The van der Waals surface area contributed by atoms with Crippen LogP contribution in [-0.4, -0.2) is 17.5 Å². The van der Waals surface area contributed by atoms with Gasteiger partial charge < -0.3 is 10.4 Å². The Labute approximate surface area is 81.6 Å². The largest absolute Gasteiger partial charge is 0.479 e. The van der Waals surface area contributed by atoms with Crippen LogP contribution in [0, 0.1) is 6.92 Å². The molecule has 1 unspecified atom stereocenters. The molecule has 4 heteroatoms. The van der Waals surface area contributed by atoms with Crippen molar-refractivity contribution < 1.29 is 14.7 Å². The lowest BCUT2D eigenvalue weighted by molar-refractivity contribution is -0.140. The van der Waals surface area contributed by atoms with E-state index in [0.29, 0.717) is 12.0 Å². The number of nitrogens with one attached hydrogen (secondary N) is 1. The molecule has 1 rings (SSSR count). The predicted molar refractivity (Wildman–Crippen MR) is 50.8 cm³/mol. The zero-order chi connectivity index (χ0) is 10.6. The van der Waals surface area contributed by atoms with E-state index in [-0.39, 0.29) is 0 Å². The summed E-state index contributed by atoms with van der Waals surface area (Å²) < 4.78 is 0. The summed E-state index contributed by atoms with van der Waals surface area (Å²) in [7, 11) is 0. The second-order valence-electron chi connectivity index (χ2n) is 2.97. The Morgan fingerprint density at radius 1 is 1.43 bits per heavy atom. The van der Waals surface area contributed by atoms with E-state index in [0.717, 1.165) is 5.56 Å². The summed E-state index contributed by atoms with van der Waals surface area (Å²) in [6, 6.07) is 6.01. The fourth-order valence-corrected chi connectivity index (χ4v) is 1.14. The van der Waals surface area contributed by atoms with Crippen molar-refractivity contribution in [2.45, 2.75) is 13.0 Å². The maximum atomic E-state index is 10.8. The molecule has 2 N–H and O–H groups in total. The average Bonchev–Trinajstić information content (AvgIpc) is 2.15. The summed E-state index contributed by atoms with van der Waals surface area (Å²) in [4.78, 5) is 20.9. The standard InChI is InChI=1S/C10H11NO3/c1-7-2-4-8(5-3-7)9(10(13)14)11-6-12/h2-6,9H,1H3,(H,11,12)(H,13,14). The van der Waals surface area contributed by atoms with Gasteiger partial charge in [-0.25, -0.2) is 4.79 Å². The van der Waals surface area contributed by atoms with Crippen molar-refractivity contribution in [3.05, 3.63) is 35.4 Å². The SMILES string of the molecule is Cc1ccc(C(NC=O)C(=O)O)cc1. The number of hydrogen-bond donors (Lipinski definition) is 2. The van der Waals surface area contributed by atoms with Crippen LogP contribution in [0.1, 0.15) is 17.2 Å². The van der Waals surface area contributed by atoms with Crippen molar-refractivity contribution >= 4 is 12.4 Å². The van der Waals surface area contributed by atoms with E-state index in [9.17, 15) is 9.59 Å². The highest BCUT2D eigenvalue weighted by Crippen LogP contribution is 2.13. The summed E-state index contributed by atoms with van der Waals surface area (Å²) in [6.45, 7) is 1.91. The highest BCUT2D eigenvalue weighted by atomic mass is 16.4. The first kappa shape index (κ1) is 10.2. The monoisotopic (exact) mass is 193 g/mol. The van der Waals surface area contributed by atoms with Crippen molar-refractivity contribution in [2.24, 2.45) is 0 Å². The second-order valence-corrected chi connectivity index (χ2v) is 2.97. The molecule has 14 heavy (non-hydrogen) atoms. The van der Waals surface area contributed by atoms with Gasteiger partial charge in [0.05, 0.1) is 0 Å². The van der Waals surface area contributed by atoms with E-state index in [2.05, 4.69) is 5.32 Å². The summed E-state index contributed by atoms with van der Waals surface area (Å²) >= 11 is 0. The van der Waals surface area contributed by atoms with Gasteiger partial charge >= 0.3 is 5.97 Å². The molecule has 1 aromatic carbocycles. The quantitative estimate of drug-likeness (QED) is 0.697. The Hall–Kier alpha value is -1.84. The van der Waals surface area contributed by atoms with Crippen molar-refractivity contribution in [3.63, 3.8) is 0 Å². The van der Waals surface area contributed by atoms with Gasteiger partial charge in [-0.3, -0.25) is 4.79 Å². The maximum absolute atomic E-state index is 10.8. The van der Waals surface area contributed by atoms with E-state index >= 15 is 0 Å². The maximum Gasteiger partial charge on any atom is 0.330 e. The summed E-state index contributed by atoms with van der Waals surface area (Å²) in [5.74, 6) is -1.07. The molecule has 0 aliphatic rings. The lowest BCUT2D eigenvalue weighted by Crippen LogP contribution is -2.27. The highest BCUT2D eigenvalue weighted by molar-refractivity contribution is 5.78. The number of benzene rings is 1. The minimum Gasteiger partial charge on any atom is -0.479 e. The molecule has 0 fully saturated rings. The highest BCUT2D eigenvalue weighted by Gasteiger charge is 2.17. The minimum atomic E-state index is -1.07. The molecular weight excluding hydrogens is 182 g/mol. The molecular formula is C10H11NO3. The first-order valence-electron chi connectivity index (χ1n) is 4.14. The number of hydrogen-bond acceptors (Lipinski definition) is 2. The zero-order valence-corrected chi connectivity index (χ0v) is 7.73. The molecule has 0 aliphatic heterocycles. The van der Waals surface area contributed by atoms with Crippen molar-refractivity contribution in [2.75, 3.05) is 0 Å². The van der Waals surface area contributed by atoms with Crippen molar-refractivity contribution in [3.8, 4) is 0 Å². The van der Waals surface area contributed by atoms with Gasteiger partial charge in [-0.2, -0.15) is 0 Å². The molecule has 0 radical (unpaired) electrons. The van der Waals surface area contributed by atoms with Crippen LogP contribution in [0.5, 0.6) is 0 Å². The average molecular weight is 193 g/mol. The van der Waals surface area contributed by atoms with Gasteiger partial charge in [0.2, 0.25) is 6.41 Å². The van der Waals surface area contributed by atoms with Gasteiger partial charge in [0.1, 0.15) is 0 Å². The summed E-state index contributed by atoms with van der Waals surface area (Å²) in [5.41, 5.74) is 1.61. The molecule has 0 saturated carbocycles. The van der Waals surface area contributed by atoms with Crippen LogP contribution in [0.3, 0.4) is 0 Å². The molecule has 74 valence electrons. The molecule has 0 aromatic heterocycles. The third-order valence-corrected chi connectivity index (χ3v) is 1.89. The third-order valence-electron chi connectivity index (χ3n) is 1.89. The Bertz CT molecular complexity index is 332. The first-order valence-corrected chi connectivity index (χ1v) is 4.14. The third kappa shape index (κ3) is 2.32. The lowest BCUT2D eigenvalue weighted by atomic mass is 10.1. The van der Waals surface area contributed by atoms with E-state index < -0.39 is 12.0 Å². The smallest absolute Gasteiger partial charge is 0.330 e. The fraction of sp³-hybridized carbons (Fsp3) is 0.200. The Morgan fingerprint density at radius 3 is 2.43 bits per heavy atom. The van der Waals surface area contributed by atoms with Crippen LogP contribution in [0.4, 0.5) is 0 Å². The van der Waals surface area contributed by atoms with Crippen LogP contribution in [-0.2, 0) is 9.59 Å². The van der Waals surface area contributed by atoms with E-state index in [1.54, 1.807) is 24.3 Å². The molecule has 0 spiro atoms. The second kappa shape index (κ2) is 4.41. The van der Waals surface area contributed by atoms with Crippen molar-refractivity contribution in [1.82, 2.24) is 5.32 Å². The van der Waals surface area contributed by atoms with E-state index in [1.165, 1.54) is 0 Å². The normalized spacial score (nSPS) is 11.8. The molecule has 4 nitrogen and oxygen atoms in total. The van der Waals surface area contributed by atoms with Gasteiger partial charge in [-0.1, -0.05) is 29.8 Å². The number of carboxylic acids is 1. The van der Waals surface area contributed by atoms with Crippen LogP contribution in [0.15, 0.2) is 24.3 Å². The fourth-order valence-electron chi connectivity index (χ4n) is 1.14. The van der Waals surface area contributed by atoms with Crippen molar-refractivity contribution in [1.29, 1.82) is 0 Å². The number of rotatable bonds is 4. The molecule has 1 amide bonds. The van der Waals surface area contributed by atoms with Crippen LogP contribution < -0.4 is 5.32 Å². The lowest BCUT2D eigenvalue weighted by Gasteiger charge is -2.11. The minimum absolute atomic E-state index is 0.388. The number of aliphatic carboxylic acids is 1. The van der Waals surface area contributed by atoms with Gasteiger partial charge in [0.15, 0.2) is 6.04 Å². The van der Waals surface area contributed by atoms with Gasteiger partial charge in [-0.05, 0) is 12.5 Å². The number of carboxylic acid groups (broad SMARTS) is 1. The van der Waals surface area contributed by atoms with Crippen LogP contribution in [0.25, 0.3) is 0 Å². The van der Waals surface area contributed by atoms with Gasteiger partial charge in [-0.15, -0.1) is 0 Å². The predicted octanol–water partition coefficient (Wildman–Crippen LogP) is 0.867. The van der Waals surface area contributed by atoms with Crippen LogP contribution >= 0.6 is 0 Å². The summed E-state index contributed by atoms with van der Waals surface area (Å²) in [5, 5.41) is 11.0. The number of carbonyl (C=O) groups excluding carboxylic acids is 1. The first-order chi connectivity index (χ1) is 6.65. The number of carbonyl (C=O) groups is 2. The van der Waals surface area contributed by atoms with E-state index in [1.807, 2.05) is 6.92 Å². The molecule has 1 aromatic rings. The molecule has 1 atom stereocenters. The summed E-state index contributed by atoms with van der Waals surface area (Å²) in [6.07, 6.45) is 0.388. The molecule has 0 bridgehead atoms. The van der Waals surface area contributed by atoms with Gasteiger partial charge in [0.25, 0.3) is 0 Å².